The number of nitrogens with two attached hydrogens (primary N) is 3. The highest BCUT2D eigenvalue weighted by atomic mass is 16.4. The number of nitrogens with zero attached hydrogens (tertiary/aromatic N) is 4. The van der Waals surface area contributed by atoms with E-state index in [0.29, 0.717) is 24.8 Å². The number of primary amides is 1. The molecule has 4 aliphatic rings. The van der Waals surface area contributed by atoms with Crippen molar-refractivity contribution in [3.8, 4) is 5.75 Å². The lowest BCUT2D eigenvalue weighted by Crippen LogP contribution is -2.60. The summed E-state index contributed by atoms with van der Waals surface area (Å²) in [4.78, 5) is 243. The van der Waals surface area contributed by atoms with Crippen LogP contribution in [0, 0.1) is 0 Å². The van der Waals surface area contributed by atoms with Crippen molar-refractivity contribution in [2.24, 2.45) is 17.2 Å². The average molecular weight is 1460 g/mol. The van der Waals surface area contributed by atoms with Crippen molar-refractivity contribution < 1.29 is 117 Å². The van der Waals surface area contributed by atoms with Gasteiger partial charge in [0.25, 0.3) is 0 Å². The molecule has 0 aromatic heterocycles. The number of phenols is 1. The molecule has 40 nitrogen and oxygen atoms in total. The highest BCUT2D eigenvalue weighted by Crippen LogP contribution is 2.25. The van der Waals surface area contributed by atoms with Gasteiger partial charge in [0.15, 0.2) is 0 Å². The Balaban J connectivity index is 1.21. The zero-order valence-corrected chi connectivity index (χ0v) is 56.8. The first-order valence-corrected chi connectivity index (χ1v) is 33.6. The quantitative estimate of drug-likeness (QED) is 0.0272. The van der Waals surface area contributed by atoms with Gasteiger partial charge < -0.3 is 115 Å². The van der Waals surface area contributed by atoms with Gasteiger partial charge in [-0.3, -0.25) is 86.3 Å². The number of aromatic hydroxyl groups is 1. The fourth-order valence-electron chi connectivity index (χ4n) is 12.3. The van der Waals surface area contributed by atoms with E-state index in [1.807, 2.05) is 0 Å². The molecule has 4 aliphatic heterocycles. The average Bonchev–Trinajstić information content (AvgIpc) is 1.75. The number of aliphatic hydroxyl groups is 1. The van der Waals surface area contributed by atoms with Crippen molar-refractivity contribution in [2.75, 3.05) is 45.9 Å². The molecule has 568 valence electrons. The van der Waals surface area contributed by atoms with Crippen LogP contribution in [0.5, 0.6) is 5.75 Å². The summed E-state index contributed by atoms with van der Waals surface area (Å²) in [6.45, 7) is 0.515. The van der Waals surface area contributed by atoms with Crippen molar-refractivity contribution >= 4 is 107 Å². The molecule has 21 N–H and O–H groups in total. The lowest BCUT2D eigenvalue weighted by atomic mass is 10.0. The number of aliphatic hydroxyl groups excluding tert-OH is 1. The number of carboxylic acids is 4. The monoisotopic (exact) mass is 1460 g/mol. The van der Waals surface area contributed by atoms with Crippen molar-refractivity contribution in [2.45, 2.75) is 202 Å². The fourth-order valence-corrected chi connectivity index (χ4v) is 12.3. The highest BCUT2D eigenvalue weighted by Gasteiger charge is 2.45. The van der Waals surface area contributed by atoms with Gasteiger partial charge in [-0.15, -0.1) is 0 Å². The van der Waals surface area contributed by atoms with Gasteiger partial charge in [0.05, 0.1) is 38.5 Å². The first-order chi connectivity index (χ1) is 48.6. The van der Waals surface area contributed by atoms with Crippen molar-refractivity contribution in [3.05, 3.63) is 29.8 Å². The Kier molecular flexibility index (Phi) is 31.9. The molecular formula is C63H92N16O24. The lowest BCUT2D eigenvalue weighted by Gasteiger charge is -2.31. The largest absolute Gasteiger partial charge is 0.508 e. The number of hydrogen-bond donors (Lipinski definition) is 18. The standard InChI is InChI=1S/C63H92N16O24/c1-31(59(98)76-21-6-11-43(76)56(95)69-32(2)63(102)103)68-52(91)38(27-49(86)87)72-51(90)36(18-19-48(84)85)70-47(83)29-67-55(94)42-10-5-23-78(42)62(101)40(26-46(66)82)74-53(92)39(28-50(88)89)73-57(96)45-13-8-24-79(45)61(100)37(9-3-4-20-64)71-54(93)41(30-80)75-58(97)44-12-7-22-77(44)60(99)35(65)25-33-14-16-34(81)17-15-33/h14-17,31-32,35-45,80-81H,3-13,18-30,64-65H2,1-2H3,(H2,66,82)(H,67,94)(H,68,91)(H,69,95)(H,70,83)(H,71,93)(H,72,90)(H,73,96)(H,74,92)(H,75,97)(H,84,85)(H,86,87)(H,88,89)(H,102,103)/t31-,32-,35-,36-,37-,38-,39-,40-,41-,42-,43-,44-,45-/m0/s1. The van der Waals surface area contributed by atoms with Gasteiger partial charge in [-0.25, -0.2) is 0 Å². The maximum Gasteiger partial charge on any atom is 0.325 e. The minimum Gasteiger partial charge on any atom is -0.508 e. The summed E-state index contributed by atoms with van der Waals surface area (Å²) in [6, 6.07) is -13.7. The van der Waals surface area contributed by atoms with Gasteiger partial charge in [-0.2, -0.15) is 0 Å². The van der Waals surface area contributed by atoms with E-state index in [4.69, 9.17) is 17.2 Å². The second-order valence-electron chi connectivity index (χ2n) is 25.4. The van der Waals surface area contributed by atoms with E-state index in [1.165, 1.54) is 30.9 Å². The van der Waals surface area contributed by atoms with Gasteiger partial charge >= 0.3 is 23.9 Å². The third-order valence-electron chi connectivity index (χ3n) is 17.7. The van der Waals surface area contributed by atoms with E-state index >= 15 is 0 Å². The van der Waals surface area contributed by atoms with Crippen molar-refractivity contribution in [3.63, 3.8) is 0 Å². The predicted molar refractivity (Wildman–Crippen MR) is 351 cm³/mol. The molecule has 40 heteroatoms. The van der Waals surface area contributed by atoms with Crippen LogP contribution >= 0.6 is 0 Å². The number of nitrogens with one attached hydrogen (secondary N) is 9. The van der Waals surface area contributed by atoms with Gasteiger partial charge in [0, 0.05) is 32.6 Å². The first kappa shape index (κ1) is 83.0. The van der Waals surface area contributed by atoms with Gasteiger partial charge in [-0.1, -0.05) is 12.1 Å². The summed E-state index contributed by atoms with van der Waals surface area (Å²) in [5.41, 5.74) is 18.1. The number of rotatable bonds is 39. The number of carbonyl (C=O) groups is 18. The second-order valence-corrected chi connectivity index (χ2v) is 25.4. The Morgan fingerprint density at radius 2 is 0.913 bits per heavy atom. The number of benzene rings is 1. The summed E-state index contributed by atoms with van der Waals surface area (Å²) in [6.07, 6.45) is -2.83. The number of carboxylic acid groups (broad SMARTS) is 4. The summed E-state index contributed by atoms with van der Waals surface area (Å²) < 4.78 is 0. The number of hydrogen-bond acceptors (Lipinski definition) is 22. The Labute approximate surface area is 589 Å². The Morgan fingerprint density at radius 3 is 1.41 bits per heavy atom. The van der Waals surface area contributed by atoms with E-state index in [9.17, 15) is 117 Å². The Morgan fingerprint density at radius 1 is 0.476 bits per heavy atom. The van der Waals surface area contributed by atoms with Crippen LogP contribution in [0.2, 0.25) is 0 Å². The van der Waals surface area contributed by atoms with Crippen LogP contribution < -0.4 is 65.1 Å². The molecule has 4 saturated heterocycles. The topological polar surface area (TPSA) is 628 Å². The lowest BCUT2D eigenvalue weighted by molar-refractivity contribution is -0.145. The van der Waals surface area contributed by atoms with Gasteiger partial charge in [0.1, 0.15) is 78.3 Å². The molecule has 1 aromatic carbocycles. The summed E-state index contributed by atoms with van der Waals surface area (Å²) in [5.74, 6) is -20.3. The molecule has 5 rings (SSSR count). The molecule has 103 heavy (non-hydrogen) atoms. The smallest absolute Gasteiger partial charge is 0.325 e. The predicted octanol–water partition coefficient (Wildman–Crippen LogP) is -7.84. The number of aliphatic carboxylic acids is 4. The summed E-state index contributed by atoms with van der Waals surface area (Å²) in [5, 5.41) is 78.8. The van der Waals surface area contributed by atoms with E-state index in [1.54, 1.807) is 12.1 Å². The minimum absolute atomic E-state index is 0.00627. The van der Waals surface area contributed by atoms with E-state index in [0.717, 1.165) is 14.7 Å². The van der Waals surface area contributed by atoms with Crippen LogP contribution in [-0.2, 0) is 92.7 Å². The number of likely N-dealkylation sites (tertiary alicyclic amines) is 4. The van der Waals surface area contributed by atoms with E-state index < -0.39 is 230 Å². The normalized spacial score (nSPS) is 19.6. The molecule has 0 unspecified atom stereocenters. The molecule has 14 amide bonds. The zero-order chi connectivity index (χ0) is 76.5. The molecule has 0 radical (unpaired) electrons. The number of amides is 14. The van der Waals surface area contributed by atoms with Gasteiger partial charge in [0.2, 0.25) is 82.7 Å². The third kappa shape index (κ3) is 24.6. The van der Waals surface area contributed by atoms with E-state index in [2.05, 4.69) is 47.9 Å². The van der Waals surface area contributed by atoms with Crippen molar-refractivity contribution in [1.29, 1.82) is 0 Å². The van der Waals surface area contributed by atoms with Crippen LogP contribution in [0.3, 0.4) is 0 Å². The van der Waals surface area contributed by atoms with Gasteiger partial charge in [-0.05, 0) is 122 Å². The maximum atomic E-state index is 14.4. The Hall–Kier alpha value is -10.6. The SMILES string of the molecule is C[C@H](NC(=O)[C@@H]1CCCN1C(=O)[C@H](C)NC(=O)[C@H](CC(=O)O)NC(=O)[C@H](CCC(=O)O)NC(=O)CNC(=O)[C@@H]1CCCN1C(=O)[C@H](CC(N)=O)NC(=O)[C@H](CC(=O)O)NC(=O)[C@@H]1CCCN1C(=O)[C@H](CCCCN)NC(=O)[C@H](CO)NC(=O)[C@@H]1CCCN1C(=O)[C@@H](N)Cc1ccc(O)cc1)C(=O)O. The molecule has 4 fully saturated rings. The molecule has 1 aromatic rings. The summed E-state index contributed by atoms with van der Waals surface area (Å²) >= 11 is 0. The summed E-state index contributed by atoms with van der Waals surface area (Å²) in [7, 11) is 0. The molecule has 13 atom stereocenters. The van der Waals surface area contributed by atoms with E-state index in [-0.39, 0.29) is 96.3 Å². The zero-order valence-electron chi connectivity index (χ0n) is 56.8. The van der Waals surface area contributed by atoms with Crippen LogP contribution in [-0.4, -0.2) is 281 Å². The van der Waals surface area contributed by atoms with Crippen LogP contribution in [0.4, 0.5) is 0 Å². The van der Waals surface area contributed by atoms with Crippen LogP contribution in [0.1, 0.15) is 122 Å². The minimum atomic E-state index is -2.02. The number of phenolic OH excluding ortho intramolecular Hbond substituents is 1. The van der Waals surface area contributed by atoms with Crippen LogP contribution in [0.15, 0.2) is 24.3 Å². The molecule has 4 heterocycles. The fraction of sp³-hybridized carbons (Fsp3) is 0.619. The van der Waals surface area contributed by atoms with Crippen molar-refractivity contribution in [1.82, 2.24) is 67.5 Å². The molecule has 0 aliphatic carbocycles. The molecule has 0 bridgehead atoms. The Bertz CT molecular complexity index is 3340. The van der Waals surface area contributed by atoms with Crippen LogP contribution in [0.25, 0.3) is 0 Å². The molecular weight excluding hydrogens is 1360 g/mol. The third-order valence-corrected chi connectivity index (χ3v) is 17.7. The second kappa shape index (κ2) is 39.5. The maximum absolute atomic E-state index is 14.4. The first-order valence-electron chi connectivity index (χ1n) is 33.6. The number of unbranched alkanes of at least 4 members (excludes halogenated alkanes) is 1. The number of carbonyl (C=O) groups excluding carboxylic acids is 14. The molecule has 0 spiro atoms. The highest BCUT2D eigenvalue weighted by molar-refractivity contribution is 6.02. The molecule has 0 saturated carbocycles.